The van der Waals surface area contributed by atoms with E-state index in [1.54, 1.807) is 0 Å². The molecule has 0 unspecified atom stereocenters. The molecule has 3 heteroatoms. The van der Waals surface area contributed by atoms with Gasteiger partial charge in [0, 0.05) is 5.69 Å². The molecule has 0 aromatic heterocycles. The van der Waals surface area contributed by atoms with Crippen LogP contribution < -0.4 is 10.6 Å². The molecule has 1 aromatic carbocycles. The number of nitrogens with two attached hydrogens (primary N) is 1. The second kappa shape index (κ2) is 3.73. The SMILES string of the molecule is NCN(C=O)c1ccccc1. The van der Waals surface area contributed by atoms with E-state index in [1.807, 2.05) is 30.3 Å². The lowest BCUT2D eigenvalue weighted by Crippen LogP contribution is -2.27. The summed E-state index contributed by atoms with van der Waals surface area (Å²) in [6.45, 7) is 0.216. The molecule has 0 bridgehead atoms. The van der Waals surface area contributed by atoms with Gasteiger partial charge in [0.15, 0.2) is 0 Å². The Kier molecular flexibility index (Phi) is 2.63. The maximum atomic E-state index is 10.4. The Hall–Kier alpha value is -1.35. The van der Waals surface area contributed by atoms with Crippen LogP contribution in [0.2, 0.25) is 0 Å². The van der Waals surface area contributed by atoms with Crippen molar-refractivity contribution < 1.29 is 4.79 Å². The molecule has 0 aliphatic rings. The fraction of sp³-hybridized carbons (Fsp3) is 0.125. The van der Waals surface area contributed by atoms with Crippen molar-refractivity contribution in [3.63, 3.8) is 0 Å². The van der Waals surface area contributed by atoms with E-state index in [0.29, 0.717) is 0 Å². The summed E-state index contributed by atoms with van der Waals surface area (Å²) in [6.07, 6.45) is 0.718. The zero-order valence-electron chi connectivity index (χ0n) is 6.10. The Morgan fingerprint density at radius 1 is 1.36 bits per heavy atom. The van der Waals surface area contributed by atoms with Crippen molar-refractivity contribution >= 4 is 12.1 Å². The molecule has 0 heterocycles. The van der Waals surface area contributed by atoms with E-state index >= 15 is 0 Å². The van der Waals surface area contributed by atoms with Crippen LogP contribution in [0.25, 0.3) is 0 Å². The van der Waals surface area contributed by atoms with Gasteiger partial charge in [-0.05, 0) is 12.1 Å². The maximum Gasteiger partial charge on any atom is 0.215 e. The van der Waals surface area contributed by atoms with Gasteiger partial charge in [0.25, 0.3) is 0 Å². The monoisotopic (exact) mass is 150 g/mol. The minimum atomic E-state index is 0.216. The van der Waals surface area contributed by atoms with Crippen molar-refractivity contribution in [3.05, 3.63) is 30.3 Å². The molecule has 0 aliphatic carbocycles. The van der Waals surface area contributed by atoms with Gasteiger partial charge in [0.2, 0.25) is 6.41 Å². The van der Waals surface area contributed by atoms with Gasteiger partial charge in [-0.3, -0.25) is 4.79 Å². The number of rotatable bonds is 3. The molecule has 2 N–H and O–H groups in total. The summed E-state index contributed by atoms with van der Waals surface area (Å²) in [5, 5.41) is 0. The van der Waals surface area contributed by atoms with Crippen LogP contribution >= 0.6 is 0 Å². The lowest BCUT2D eigenvalue weighted by Gasteiger charge is -2.13. The summed E-state index contributed by atoms with van der Waals surface area (Å²) in [5.74, 6) is 0. The highest BCUT2D eigenvalue weighted by molar-refractivity contribution is 5.74. The Labute approximate surface area is 65.4 Å². The number of hydrogen-bond donors (Lipinski definition) is 1. The van der Waals surface area contributed by atoms with Crippen molar-refractivity contribution in [1.29, 1.82) is 0 Å². The van der Waals surface area contributed by atoms with Gasteiger partial charge in [0.05, 0.1) is 6.67 Å². The van der Waals surface area contributed by atoms with Gasteiger partial charge in [-0.25, -0.2) is 0 Å². The minimum Gasteiger partial charge on any atom is -0.313 e. The molecule has 3 nitrogen and oxygen atoms in total. The summed E-state index contributed by atoms with van der Waals surface area (Å²) < 4.78 is 0. The van der Waals surface area contributed by atoms with E-state index in [1.165, 1.54) is 4.90 Å². The average molecular weight is 150 g/mol. The predicted octanol–water partition coefficient (Wildman–Crippen LogP) is 0.566. The maximum absolute atomic E-state index is 10.4. The summed E-state index contributed by atoms with van der Waals surface area (Å²) in [6, 6.07) is 9.29. The zero-order valence-corrected chi connectivity index (χ0v) is 6.10. The number of anilines is 1. The largest absolute Gasteiger partial charge is 0.313 e. The van der Waals surface area contributed by atoms with E-state index in [2.05, 4.69) is 0 Å². The minimum absolute atomic E-state index is 0.216. The highest BCUT2D eigenvalue weighted by Gasteiger charge is 1.98. The third-order valence-electron chi connectivity index (χ3n) is 1.41. The molecule has 1 amide bonds. The van der Waals surface area contributed by atoms with Crippen LogP contribution in [-0.4, -0.2) is 13.1 Å². The quantitative estimate of drug-likeness (QED) is 0.505. The molecule has 58 valence electrons. The van der Waals surface area contributed by atoms with E-state index < -0.39 is 0 Å². The van der Waals surface area contributed by atoms with E-state index in [0.717, 1.165) is 12.1 Å². The fourth-order valence-corrected chi connectivity index (χ4v) is 0.829. The Bertz CT molecular complexity index is 223. The lowest BCUT2D eigenvalue weighted by molar-refractivity contribution is -0.107. The van der Waals surface area contributed by atoms with Crippen molar-refractivity contribution in [2.75, 3.05) is 11.6 Å². The molecule has 0 radical (unpaired) electrons. The van der Waals surface area contributed by atoms with Crippen molar-refractivity contribution in [3.8, 4) is 0 Å². The van der Waals surface area contributed by atoms with Crippen LogP contribution in [0.1, 0.15) is 0 Å². The third kappa shape index (κ3) is 1.78. The van der Waals surface area contributed by atoms with Crippen molar-refractivity contribution in [2.24, 2.45) is 5.73 Å². The Balaban J connectivity index is 2.82. The fourth-order valence-electron chi connectivity index (χ4n) is 0.829. The van der Waals surface area contributed by atoms with Gasteiger partial charge < -0.3 is 10.6 Å². The molecular weight excluding hydrogens is 140 g/mol. The third-order valence-corrected chi connectivity index (χ3v) is 1.41. The number of carbonyl (C=O) groups excluding carboxylic acids is 1. The lowest BCUT2D eigenvalue weighted by atomic mass is 10.3. The molecule has 0 aliphatic heterocycles. The van der Waals surface area contributed by atoms with E-state index in [4.69, 9.17) is 5.73 Å². The molecular formula is C8H10N2O. The molecule has 0 atom stereocenters. The average Bonchev–Trinajstić information content (AvgIpc) is 2.09. The van der Waals surface area contributed by atoms with Crippen LogP contribution in [-0.2, 0) is 4.79 Å². The number of para-hydroxylation sites is 1. The van der Waals surface area contributed by atoms with Gasteiger partial charge in [-0.2, -0.15) is 0 Å². The molecule has 1 aromatic rings. The number of benzene rings is 1. The molecule has 0 fully saturated rings. The second-order valence-electron chi connectivity index (χ2n) is 2.09. The highest BCUT2D eigenvalue weighted by atomic mass is 16.1. The predicted molar refractivity (Wildman–Crippen MR) is 44.0 cm³/mol. The molecule has 11 heavy (non-hydrogen) atoms. The molecule has 1 rings (SSSR count). The summed E-state index contributed by atoms with van der Waals surface area (Å²) in [5.41, 5.74) is 6.13. The van der Waals surface area contributed by atoms with Gasteiger partial charge in [-0.1, -0.05) is 18.2 Å². The Morgan fingerprint density at radius 2 is 2.00 bits per heavy atom. The first-order chi connectivity index (χ1) is 5.38. The number of amides is 1. The van der Waals surface area contributed by atoms with E-state index in [-0.39, 0.29) is 6.67 Å². The Morgan fingerprint density at radius 3 is 2.45 bits per heavy atom. The van der Waals surface area contributed by atoms with Crippen LogP contribution in [0.5, 0.6) is 0 Å². The van der Waals surface area contributed by atoms with Gasteiger partial charge in [-0.15, -0.1) is 0 Å². The number of carbonyl (C=O) groups is 1. The van der Waals surface area contributed by atoms with Gasteiger partial charge >= 0.3 is 0 Å². The summed E-state index contributed by atoms with van der Waals surface area (Å²) in [7, 11) is 0. The summed E-state index contributed by atoms with van der Waals surface area (Å²) >= 11 is 0. The topological polar surface area (TPSA) is 46.3 Å². The van der Waals surface area contributed by atoms with Crippen LogP contribution in [0.3, 0.4) is 0 Å². The van der Waals surface area contributed by atoms with Crippen LogP contribution in [0.4, 0.5) is 5.69 Å². The van der Waals surface area contributed by atoms with Crippen molar-refractivity contribution in [1.82, 2.24) is 0 Å². The summed E-state index contributed by atoms with van der Waals surface area (Å²) in [4.78, 5) is 11.8. The first-order valence-corrected chi connectivity index (χ1v) is 3.35. The first-order valence-electron chi connectivity index (χ1n) is 3.35. The van der Waals surface area contributed by atoms with Gasteiger partial charge in [0.1, 0.15) is 0 Å². The normalized spacial score (nSPS) is 9.18. The highest BCUT2D eigenvalue weighted by Crippen LogP contribution is 2.08. The standard InChI is InChI=1S/C8H10N2O/c9-6-10(7-11)8-4-2-1-3-5-8/h1-5,7H,6,9H2. The number of hydrogen-bond acceptors (Lipinski definition) is 2. The van der Waals surface area contributed by atoms with E-state index in [9.17, 15) is 4.79 Å². The van der Waals surface area contributed by atoms with Crippen molar-refractivity contribution in [2.45, 2.75) is 0 Å². The van der Waals surface area contributed by atoms with Crippen LogP contribution in [0, 0.1) is 0 Å². The zero-order chi connectivity index (χ0) is 8.10. The molecule has 0 saturated heterocycles. The number of nitrogens with zero attached hydrogens (tertiary/aromatic N) is 1. The molecule has 0 spiro atoms. The smallest absolute Gasteiger partial charge is 0.215 e. The van der Waals surface area contributed by atoms with Crippen LogP contribution in [0.15, 0.2) is 30.3 Å². The second-order valence-corrected chi connectivity index (χ2v) is 2.09. The first kappa shape index (κ1) is 7.75. The molecule has 0 saturated carbocycles.